The third-order valence-electron chi connectivity index (χ3n) is 8.05. The number of hydroxylamine groups is 2. The molecule has 2 atom stereocenters. The Balaban J connectivity index is 1.28. The van der Waals surface area contributed by atoms with Crippen molar-refractivity contribution in [3.05, 3.63) is 110 Å². The summed E-state index contributed by atoms with van der Waals surface area (Å²) in [5, 5.41) is 15.0. The van der Waals surface area contributed by atoms with E-state index in [2.05, 4.69) is 10.3 Å². The van der Waals surface area contributed by atoms with Crippen LogP contribution in [0.5, 0.6) is 11.5 Å². The molecule has 1 aliphatic rings. The van der Waals surface area contributed by atoms with E-state index in [1.807, 2.05) is 36.4 Å². The molecule has 0 radical (unpaired) electrons. The highest BCUT2D eigenvalue weighted by Crippen LogP contribution is 2.36. The van der Waals surface area contributed by atoms with Crippen LogP contribution in [0.25, 0.3) is 0 Å². The van der Waals surface area contributed by atoms with E-state index in [0.29, 0.717) is 70.0 Å². The van der Waals surface area contributed by atoms with Gasteiger partial charge >= 0.3 is 11.9 Å². The first-order valence-corrected chi connectivity index (χ1v) is 17.0. The zero-order valence-electron chi connectivity index (χ0n) is 26.6. The molecule has 1 saturated heterocycles. The number of aromatic nitrogens is 1. The summed E-state index contributed by atoms with van der Waals surface area (Å²) < 4.78 is 22.7. The van der Waals surface area contributed by atoms with E-state index in [-0.39, 0.29) is 31.0 Å². The van der Waals surface area contributed by atoms with Gasteiger partial charge in [-0.3, -0.25) is 9.78 Å². The summed E-state index contributed by atoms with van der Waals surface area (Å²) in [5.41, 5.74) is 2.21. The van der Waals surface area contributed by atoms with Gasteiger partial charge in [0.05, 0.1) is 30.7 Å². The summed E-state index contributed by atoms with van der Waals surface area (Å²) in [5.74, 6) is 0.207. The van der Waals surface area contributed by atoms with Crippen molar-refractivity contribution in [1.29, 1.82) is 0 Å². The Kier molecular flexibility index (Phi) is 12.7. The van der Waals surface area contributed by atoms with Crippen LogP contribution in [0.3, 0.4) is 0 Å². The standard InChI is InChI=1S/C35H37Cl2N3O7S/c1-44-30-10-8-23(16-32(30)45-2)31(17-26-27(36)20-38-21-28(26)37)47-35(42)33-11-9-25(48-33)19-39-29(22-6-4-3-5-7-22)18-34(41)46-24-12-14-40(43)15-13-24/h3-11,16,20-21,24,29,31,39,43H,12-15,17-19H2,1-2H3/t29?,31-/m0/s1. The molecule has 2 N–H and O–H groups in total. The van der Waals surface area contributed by atoms with Crippen LogP contribution in [0.15, 0.2) is 73.1 Å². The number of carbonyl (C=O) groups is 2. The largest absolute Gasteiger partial charge is 0.493 e. The fraction of sp³-hybridized carbons (Fsp3) is 0.343. The molecular weight excluding hydrogens is 677 g/mol. The molecule has 0 amide bonds. The Labute approximate surface area is 293 Å². The molecule has 0 spiro atoms. The average molecular weight is 715 g/mol. The third kappa shape index (κ3) is 9.46. The second kappa shape index (κ2) is 17.1. The van der Waals surface area contributed by atoms with Crippen molar-refractivity contribution in [2.24, 2.45) is 0 Å². The monoisotopic (exact) mass is 713 g/mol. The fourth-order valence-corrected chi connectivity index (χ4v) is 6.81. The lowest BCUT2D eigenvalue weighted by Crippen LogP contribution is -2.36. The minimum Gasteiger partial charge on any atom is -0.493 e. The highest BCUT2D eigenvalue weighted by molar-refractivity contribution is 7.13. The minimum absolute atomic E-state index is 0.136. The van der Waals surface area contributed by atoms with E-state index in [4.69, 9.17) is 42.1 Å². The molecule has 1 fully saturated rings. The highest BCUT2D eigenvalue weighted by Gasteiger charge is 2.26. The third-order valence-corrected chi connectivity index (χ3v) is 9.76. The SMILES string of the molecule is COc1ccc([C@H](Cc2c(Cl)cncc2Cl)OC(=O)c2ccc(CNC(CC(=O)OC3CCN(O)CC3)c3ccccc3)s2)cc1OC. The zero-order chi connectivity index (χ0) is 34.0. The molecule has 4 aromatic rings. The van der Waals surface area contributed by atoms with Gasteiger partial charge in [0, 0.05) is 49.4 Å². The van der Waals surface area contributed by atoms with Crippen LogP contribution >= 0.6 is 34.5 Å². The number of benzene rings is 2. The number of ether oxygens (including phenoxy) is 4. The molecule has 0 saturated carbocycles. The second-order valence-electron chi connectivity index (χ2n) is 11.3. The number of hydrogen-bond acceptors (Lipinski definition) is 11. The predicted molar refractivity (Wildman–Crippen MR) is 183 cm³/mol. The molecule has 3 heterocycles. The number of piperidine rings is 1. The molecule has 1 unspecified atom stereocenters. The number of nitrogens with one attached hydrogen (secondary N) is 1. The number of methoxy groups -OCH3 is 2. The van der Waals surface area contributed by atoms with E-state index in [0.717, 1.165) is 10.4 Å². The number of pyridine rings is 1. The summed E-state index contributed by atoms with van der Waals surface area (Å²) in [4.78, 5) is 31.8. The minimum atomic E-state index is -0.753. The molecular formula is C35H37Cl2N3O7S. The van der Waals surface area contributed by atoms with Crippen molar-refractivity contribution >= 4 is 46.5 Å². The average Bonchev–Trinajstić information content (AvgIpc) is 3.58. The smallest absolute Gasteiger partial charge is 0.348 e. The fourth-order valence-electron chi connectivity index (χ4n) is 5.45. The molecule has 10 nitrogen and oxygen atoms in total. The summed E-state index contributed by atoms with van der Waals surface area (Å²) >= 11 is 14.2. The van der Waals surface area contributed by atoms with Crippen LogP contribution in [0, 0.1) is 0 Å². The Hall–Kier alpha value is -3.71. The number of thiophene rings is 1. The van der Waals surface area contributed by atoms with Gasteiger partial charge in [-0.05, 0) is 53.8 Å². The lowest BCUT2D eigenvalue weighted by Gasteiger charge is -2.28. The molecule has 0 aliphatic carbocycles. The van der Waals surface area contributed by atoms with Crippen molar-refractivity contribution in [3.8, 4) is 11.5 Å². The van der Waals surface area contributed by atoms with Crippen molar-refractivity contribution in [1.82, 2.24) is 15.4 Å². The summed E-state index contributed by atoms with van der Waals surface area (Å²) in [6.45, 7) is 1.36. The van der Waals surface area contributed by atoms with E-state index in [1.54, 1.807) is 31.4 Å². The van der Waals surface area contributed by atoms with Gasteiger partial charge < -0.3 is 29.5 Å². The number of hydrogen-bond donors (Lipinski definition) is 2. The normalized spacial score (nSPS) is 15.0. The van der Waals surface area contributed by atoms with Gasteiger partial charge in [-0.1, -0.05) is 59.6 Å². The van der Waals surface area contributed by atoms with Crippen molar-refractivity contribution in [3.63, 3.8) is 0 Å². The highest BCUT2D eigenvalue weighted by atomic mass is 35.5. The number of rotatable bonds is 14. The number of halogens is 2. The van der Waals surface area contributed by atoms with Gasteiger partial charge in [-0.25, -0.2) is 4.79 Å². The maximum absolute atomic E-state index is 13.5. The second-order valence-corrected chi connectivity index (χ2v) is 13.2. The molecule has 2 aromatic heterocycles. The molecule has 1 aliphatic heterocycles. The van der Waals surface area contributed by atoms with Crippen LogP contribution in [0.1, 0.15) is 62.6 Å². The van der Waals surface area contributed by atoms with Gasteiger partial charge in [0.1, 0.15) is 17.1 Å². The topological polar surface area (TPSA) is 119 Å². The van der Waals surface area contributed by atoms with Gasteiger partial charge in [0.15, 0.2) is 11.5 Å². The van der Waals surface area contributed by atoms with Gasteiger partial charge in [-0.2, -0.15) is 5.06 Å². The molecule has 2 aromatic carbocycles. The molecule has 0 bridgehead atoms. The molecule has 5 rings (SSSR count). The number of esters is 2. The van der Waals surface area contributed by atoms with E-state index in [1.165, 1.54) is 35.9 Å². The van der Waals surface area contributed by atoms with Crippen LogP contribution in [0.2, 0.25) is 10.0 Å². The first-order chi connectivity index (χ1) is 23.2. The summed E-state index contributed by atoms with van der Waals surface area (Å²) in [6.07, 6.45) is 3.55. The maximum atomic E-state index is 13.5. The van der Waals surface area contributed by atoms with Crippen molar-refractivity contribution in [2.75, 3.05) is 27.3 Å². The van der Waals surface area contributed by atoms with Gasteiger partial charge in [-0.15, -0.1) is 11.3 Å². The lowest BCUT2D eigenvalue weighted by molar-refractivity contribution is -0.161. The first-order valence-electron chi connectivity index (χ1n) is 15.4. The lowest BCUT2D eigenvalue weighted by atomic mass is 10.0. The quantitative estimate of drug-likeness (QED) is 0.130. The Morgan fingerprint density at radius 3 is 2.38 bits per heavy atom. The first kappa shape index (κ1) is 35.6. The molecule has 254 valence electrons. The van der Waals surface area contributed by atoms with Crippen LogP contribution < -0.4 is 14.8 Å². The van der Waals surface area contributed by atoms with E-state index in [9.17, 15) is 14.8 Å². The summed E-state index contributed by atoms with van der Waals surface area (Å²) in [6, 6.07) is 18.3. The van der Waals surface area contributed by atoms with Crippen LogP contribution in [-0.4, -0.2) is 60.6 Å². The zero-order valence-corrected chi connectivity index (χ0v) is 28.9. The molecule has 13 heteroatoms. The van der Waals surface area contributed by atoms with E-state index >= 15 is 0 Å². The van der Waals surface area contributed by atoms with Gasteiger partial charge in [0.25, 0.3) is 0 Å². The Morgan fingerprint density at radius 1 is 0.979 bits per heavy atom. The summed E-state index contributed by atoms with van der Waals surface area (Å²) in [7, 11) is 3.08. The van der Waals surface area contributed by atoms with Crippen molar-refractivity contribution < 1.29 is 33.7 Å². The van der Waals surface area contributed by atoms with Gasteiger partial charge in [0.2, 0.25) is 0 Å². The van der Waals surface area contributed by atoms with Crippen LogP contribution in [-0.2, 0) is 27.2 Å². The Bertz CT molecular complexity index is 1660. The Morgan fingerprint density at radius 2 is 1.69 bits per heavy atom. The van der Waals surface area contributed by atoms with Crippen molar-refractivity contribution in [2.45, 2.75) is 50.5 Å². The van der Waals surface area contributed by atoms with Crippen LogP contribution in [0.4, 0.5) is 0 Å². The number of carbonyl (C=O) groups excluding carboxylic acids is 2. The molecule has 48 heavy (non-hydrogen) atoms. The predicted octanol–water partition coefficient (Wildman–Crippen LogP) is 7.23. The van der Waals surface area contributed by atoms with E-state index < -0.39 is 12.1 Å². The maximum Gasteiger partial charge on any atom is 0.348 e. The number of nitrogens with zero attached hydrogens (tertiary/aromatic N) is 2.